The molecule has 3 aromatic rings. The van der Waals surface area contributed by atoms with E-state index in [2.05, 4.69) is 5.32 Å². The number of carbonyl (C=O) groups excluding carboxylic acids is 2. The molecule has 0 spiro atoms. The summed E-state index contributed by atoms with van der Waals surface area (Å²) >= 11 is 0. The number of hydrogen-bond acceptors (Lipinski definition) is 6. The van der Waals surface area contributed by atoms with E-state index in [4.69, 9.17) is 9.47 Å². The van der Waals surface area contributed by atoms with Gasteiger partial charge in [0.2, 0.25) is 11.8 Å². The molecule has 1 aliphatic heterocycles. The minimum atomic E-state index is -4.24. The predicted molar refractivity (Wildman–Crippen MR) is 143 cm³/mol. The number of halogens is 1. The van der Waals surface area contributed by atoms with Crippen molar-refractivity contribution in [1.29, 1.82) is 0 Å². The summed E-state index contributed by atoms with van der Waals surface area (Å²) in [6.07, 6.45) is 1.46. The quantitative estimate of drug-likeness (QED) is 0.389. The van der Waals surface area contributed by atoms with Crippen molar-refractivity contribution < 1.29 is 31.9 Å². The zero-order chi connectivity index (χ0) is 28.0. The first-order chi connectivity index (χ1) is 18.7. The van der Waals surface area contributed by atoms with Gasteiger partial charge in [-0.3, -0.25) is 13.9 Å². The number of nitrogens with one attached hydrogen (secondary N) is 1. The van der Waals surface area contributed by atoms with Gasteiger partial charge in [-0.05, 0) is 53.9 Å². The van der Waals surface area contributed by atoms with Crippen LogP contribution in [0.5, 0.6) is 11.5 Å². The fourth-order valence-corrected chi connectivity index (χ4v) is 5.70. The average molecular weight is 556 g/mol. The molecule has 1 heterocycles. The van der Waals surface area contributed by atoms with Crippen LogP contribution in [0.2, 0.25) is 0 Å². The van der Waals surface area contributed by atoms with E-state index in [0.29, 0.717) is 18.7 Å². The molecule has 1 fully saturated rings. The summed E-state index contributed by atoms with van der Waals surface area (Å²) in [6.45, 7) is 0.951. The SMILES string of the molecule is COc1ccc(S(=O)(=O)N(CC(=O)NCc2ccc(CN3CCCC3=O)cc2)c2ccc(F)cc2)cc1OC. The van der Waals surface area contributed by atoms with E-state index in [1.807, 2.05) is 29.2 Å². The Bertz CT molecular complexity index is 1430. The molecule has 206 valence electrons. The van der Waals surface area contributed by atoms with Gasteiger partial charge in [0.15, 0.2) is 11.5 Å². The maximum absolute atomic E-state index is 13.6. The van der Waals surface area contributed by atoms with Gasteiger partial charge < -0.3 is 19.7 Å². The smallest absolute Gasteiger partial charge is 0.264 e. The third kappa shape index (κ3) is 6.66. The van der Waals surface area contributed by atoms with Crippen LogP contribution in [0.1, 0.15) is 24.0 Å². The molecule has 2 amide bonds. The number of benzene rings is 3. The Morgan fingerprint density at radius 3 is 2.26 bits per heavy atom. The Balaban J connectivity index is 1.48. The highest BCUT2D eigenvalue weighted by Crippen LogP contribution is 2.32. The second-order valence-electron chi connectivity index (χ2n) is 9.02. The Labute approximate surface area is 227 Å². The van der Waals surface area contributed by atoms with E-state index in [0.717, 1.165) is 40.5 Å². The Kier molecular flexibility index (Phi) is 8.70. The molecular formula is C28H30FN3O6S. The zero-order valence-electron chi connectivity index (χ0n) is 21.7. The number of carbonyl (C=O) groups is 2. The molecule has 9 nitrogen and oxygen atoms in total. The fraction of sp³-hybridized carbons (Fsp3) is 0.286. The monoisotopic (exact) mass is 555 g/mol. The maximum Gasteiger partial charge on any atom is 0.264 e. The predicted octanol–water partition coefficient (Wildman–Crippen LogP) is 3.48. The van der Waals surface area contributed by atoms with Gasteiger partial charge in [-0.1, -0.05) is 24.3 Å². The molecule has 39 heavy (non-hydrogen) atoms. The number of methoxy groups -OCH3 is 2. The van der Waals surface area contributed by atoms with Gasteiger partial charge in [-0.25, -0.2) is 12.8 Å². The van der Waals surface area contributed by atoms with Gasteiger partial charge >= 0.3 is 0 Å². The normalized spacial score (nSPS) is 13.3. The summed E-state index contributed by atoms with van der Waals surface area (Å²) in [5.41, 5.74) is 1.93. The lowest BCUT2D eigenvalue weighted by atomic mass is 10.1. The standard InChI is InChI=1S/C28H30FN3O6S/c1-37-25-14-13-24(16-26(25)38-2)39(35,36)32(23-11-9-22(29)10-12-23)19-27(33)30-17-20-5-7-21(8-6-20)18-31-15-3-4-28(31)34/h5-14,16H,3-4,15,17-19H2,1-2H3,(H,30,33). The highest BCUT2D eigenvalue weighted by Gasteiger charge is 2.28. The van der Waals surface area contributed by atoms with Crippen molar-refractivity contribution in [2.24, 2.45) is 0 Å². The van der Waals surface area contributed by atoms with Crippen LogP contribution in [0.15, 0.2) is 71.6 Å². The Morgan fingerprint density at radius 2 is 1.64 bits per heavy atom. The summed E-state index contributed by atoms with van der Waals surface area (Å²) in [5.74, 6) is -0.375. The van der Waals surface area contributed by atoms with Crippen molar-refractivity contribution in [3.63, 3.8) is 0 Å². The number of likely N-dealkylation sites (tertiary alicyclic amines) is 1. The van der Waals surface area contributed by atoms with Crippen LogP contribution in [-0.4, -0.2) is 52.4 Å². The minimum Gasteiger partial charge on any atom is -0.493 e. The van der Waals surface area contributed by atoms with Gasteiger partial charge in [0, 0.05) is 32.1 Å². The lowest BCUT2D eigenvalue weighted by molar-refractivity contribution is -0.128. The van der Waals surface area contributed by atoms with E-state index in [9.17, 15) is 22.4 Å². The van der Waals surface area contributed by atoms with Gasteiger partial charge in [0.25, 0.3) is 10.0 Å². The highest BCUT2D eigenvalue weighted by molar-refractivity contribution is 7.92. The number of nitrogens with zero attached hydrogens (tertiary/aromatic N) is 2. The molecular weight excluding hydrogens is 525 g/mol. The van der Waals surface area contributed by atoms with Crippen molar-refractivity contribution in [2.45, 2.75) is 30.8 Å². The topological polar surface area (TPSA) is 105 Å². The molecule has 0 saturated carbocycles. The van der Waals surface area contributed by atoms with Crippen molar-refractivity contribution in [3.8, 4) is 11.5 Å². The van der Waals surface area contributed by atoms with Crippen LogP contribution >= 0.6 is 0 Å². The van der Waals surface area contributed by atoms with Crippen LogP contribution in [0.25, 0.3) is 0 Å². The van der Waals surface area contributed by atoms with E-state index >= 15 is 0 Å². The van der Waals surface area contributed by atoms with Gasteiger partial charge in [0.05, 0.1) is 24.8 Å². The van der Waals surface area contributed by atoms with E-state index in [-0.39, 0.29) is 28.8 Å². The summed E-state index contributed by atoms with van der Waals surface area (Å²) in [5, 5.41) is 2.75. The van der Waals surface area contributed by atoms with Crippen molar-refractivity contribution >= 4 is 27.5 Å². The molecule has 0 unspecified atom stereocenters. The van der Waals surface area contributed by atoms with Gasteiger partial charge in [-0.2, -0.15) is 0 Å². The maximum atomic E-state index is 13.6. The summed E-state index contributed by atoms with van der Waals surface area (Å²) in [4.78, 5) is 26.5. The fourth-order valence-electron chi connectivity index (χ4n) is 4.27. The van der Waals surface area contributed by atoms with E-state index < -0.39 is 28.3 Å². The molecule has 4 rings (SSSR count). The molecule has 3 aromatic carbocycles. The molecule has 0 aliphatic carbocycles. The van der Waals surface area contributed by atoms with Crippen molar-refractivity contribution in [3.05, 3.63) is 83.7 Å². The van der Waals surface area contributed by atoms with Crippen LogP contribution in [0.4, 0.5) is 10.1 Å². The molecule has 0 atom stereocenters. The average Bonchev–Trinajstić information content (AvgIpc) is 3.35. The number of rotatable bonds is 11. The first-order valence-corrected chi connectivity index (χ1v) is 13.8. The molecule has 1 aliphatic rings. The molecule has 1 N–H and O–H groups in total. The first kappa shape index (κ1) is 27.9. The Hall–Kier alpha value is -4.12. The van der Waals surface area contributed by atoms with Crippen molar-refractivity contribution in [1.82, 2.24) is 10.2 Å². The second-order valence-corrected chi connectivity index (χ2v) is 10.9. The third-order valence-corrected chi connectivity index (χ3v) is 8.17. The highest BCUT2D eigenvalue weighted by atomic mass is 32.2. The lowest BCUT2D eigenvalue weighted by Crippen LogP contribution is -2.40. The number of ether oxygens (including phenoxy) is 2. The Morgan fingerprint density at radius 1 is 0.974 bits per heavy atom. The third-order valence-electron chi connectivity index (χ3n) is 6.40. The number of amides is 2. The molecule has 0 aromatic heterocycles. The number of sulfonamides is 1. The number of hydrogen-bond donors (Lipinski definition) is 1. The second kappa shape index (κ2) is 12.2. The molecule has 11 heteroatoms. The van der Waals surface area contributed by atoms with E-state index in [1.54, 1.807) is 0 Å². The van der Waals surface area contributed by atoms with Gasteiger partial charge in [0.1, 0.15) is 12.4 Å². The van der Waals surface area contributed by atoms with Crippen molar-refractivity contribution in [2.75, 3.05) is 31.6 Å². The van der Waals surface area contributed by atoms with E-state index in [1.165, 1.54) is 44.6 Å². The summed E-state index contributed by atoms with van der Waals surface area (Å²) in [7, 11) is -1.42. The lowest BCUT2D eigenvalue weighted by Gasteiger charge is -2.24. The van der Waals surface area contributed by atoms with Crippen LogP contribution in [0.3, 0.4) is 0 Å². The minimum absolute atomic E-state index is 0.121. The molecule has 0 bridgehead atoms. The van der Waals surface area contributed by atoms with Gasteiger partial charge in [-0.15, -0.1) is 0 Å². The zero-order valence-corrected chi connectivity index (χ0v) is 22.5. The summed E-state index contributed by atoms with van der Waals surface area (Å²) in [6, 6.07) is 16.5. The largest absolute Gasteiger partial charge is 0.493 e. The summed E-state index contributed by atoms with van der Waals surface area (Å²) < 4.78 is 52.2. The van der Waals surface area contributed by atoms with Crippen LogP contribution in [-0.2, 0) is 32.7 Å². The number of anilines is 1. The van der Waals surface area contributed by atoms with Crippen LogP contribution < -0.4 is 19.1 Å². The first-order valence-electron chi connectivity index (χ1n) is 12.3. The molecule has 1 saturated heterocycles. The van der Waals surface area contributed by atoms with Crippen LogP contribution in [0, 0.1) is 5.82 Å². The molecule has 0 radical (unpaired) electrons.